The normalized spacial score (nSPS) is 10.8. The molecule has 148 valence electrons. The van der Waals surface area contributed by atoms with E-state index in [9.17, 15) is 5.11 Å². The Labute approximate surface area is 172 Å². The van der Waals surface area contributed by atoms with Crippen LogP contribution in [0.15, 0.2) is 35.5 Å². The van der Waals surface area contributed by atoms with E-state index in [0.717, 1.165) is 17.7 Å². The van der Waals surface area contributed by atoms with Crippen LogP contribution in [0.25, 0.3) is 11.2 Å². The average Bonchev–Trinajstić information content (AvgIpc) is 3.13. The number of hydrazine groups is 1. The minimum atomic E-state index is -0.0472. The number of benzene rings is 1. The third kappa shape index (κ3) is 5.27. The van der Waals surface area contributed by atoms with Crippen LogP contribution in [-0.2, 0) is 13.1 Å². The van der Waals surface area contributed by atoms with E-state index in [4.69, 9.17) is 12.2 Å². The molecule has 2 heterocycles. The van der Waals surface area contributed by atoms with Gasteiger partial charge >= 0.3 is 0 Å². The molecule has 0 spiro atoms. The van der Waals surface area contributed by atoms with Crippen molar-refractivity contribution >= 4 is 46.1 Å². The summed E-state index contributed by atoms with van der Waals surface area (Å²) in [4.78, 5) is 9.03. The van der Waals surface area contributed by atoms with Gasteiger partial charge in [-0.1, -0.05) is 54.2 Å². The molecular weight excluding hydrogens is 396 g/mol. The van der Waals surface area contributed by atoms with Gasteiger partial charge in [0.25, 0.3) is 0 Å². The molecule has 0 aliphatic rings. The number of thioether (sulfide) groups is 1. The third-order valence-electron chi connectivity index (χ3n) is 3.68. The van der Waals surface area contributed by atoms with Crippen LogP contribution in [0.4, 0.5) is 5.82 Å². The lowest BCUT2D eigenvalue weighted by Gasteiger charge is -2.13. The molecule has 0 amide bonds. The molecule has 28 heavy (non-hydrogen) atoms. The number of nitrogens with zero attached hydrogens (tertiary/aromatic N) is 5. The number of rotatable bonds is 9. The number of aliphatic hydroxyl groups is 1. The zero-order chi connectivity index (χ0) is 19.8. The monoisotopic (exact) mass is 418 g/mol. The Hall–Kier alpha value is -2.50. The van der Waals surface area contributed by atoms with E-state index in [1.54, 1.807) is 16.4 Å². The number of aliphatic hydroxyl groups excluding tert-OH is 1. The molecule has 1 aromatic carbocycles. The Balaban J connectivity index is 1.70. The van der Waals surface area contributed by atoms with E-state index in [0.29, 0.717) is 40.3 Å². The fraction of sp³-hybridized carbons (Fsp3) is 0.353. The molecular formula is C17H22N8OS2. The van der Waals surface area contributed by atoms with Crippen molar-refractivity contribution < 1.29 is 5.11 Å². The molecule has 0 unspecified atom stereocenters. The second-order valence-electron chi connectivity index (χ2n) is 5.83. The standard InChI is InChI=1S/C17H22N8OS2/c1-2-10-28-17-19-14(13-15(20-17)25(8-9-26)24-21-13)22-23-16(27)18-11-12-6-4-3-5-7-12/h3-7,26H,2,8-11H2,1H3,(H2,18,23,27)(H,19,20,22). The average molecular weight is 419 g/mol. The predicted molar refractivity (Wildman–Crippen MR) is 114 cm³/mol. The lowest BCUT2D eigenvalue weighted by molar-refractivity contribution is 0.270. The number of hydrogen-bond donors (Lipinski definition) is 4. The SMILES string of the molecule is CCCSc1nc(NNC(=S)NCc2ccccc2)c2nnn(CCO)c2n1. The van der Waals surface area contributed by atoms with Crippen molar-refractivity contribution in [3.05, 3.63) is 35.9 Å². The first-order valence-corrected chi connectivity index (χ1v) is 10.3. The number of thiocarbonyl (C=S) groups is 1. The van der Waals surface area contributed by atoms with Gasteiger partial charge in [-0.2, -0.15) is 0 Å². The summed E-state index contributed by atoms with van der Waals surface area (Å²) in [6, 6.07) is 9.98. The molecule has 3 rings (SSSR count). The summed E-state index contributed by atoms with van der Waals surface area (Å²) in [7, 11) is 0. The molecule has 0 fully saturated rings. The van der Waals surface area contributed by atoms with Gasteiger partial charge in [0, 0.05) is 12.3 Å². The zero-order valence-electron chi connectivity index (χ0n) is 15.4. The molecule has 11 heteroatoms. The summed E-state index contributed by atoms with van der Waals surface area (Å²) in [5.41, 5.74) is 8.13. The van der Waals surface area contributed by atoms with Crippen molar-refractivity contribution in [3.63, 3.8) is 0 Å². The molecule has 0 aliphatic carbocycles. The maximum atomic E-state index is 9.22. The maximum absolute atomic E-state index is 9.22. The first kappa shape index (κ1) is 20.2. The van der Waals surface area contributed by atoms with Gasteiger partial charge < -0.3 is 10.4 Å². The van der Waals surface area contributed by atoms with Crippen molar-refractivity contribution in [2.24, 2.45) is 0 Å². The fourth-order valence-electron chi connectivity index (χ4n) is 2.36. The largest absolute Gasteiger partial charge is 0.394 e. The highest BCUT2D eigenvalue weighted by Gasteiger charge is 2.15. The topological polar surface area (TPSA) is 113 Å². The predicted octanol–water partition coefficient (Wildman–Crippen LogP) is 1.71. The highest BCUT2D eigenvalue weighted by atomic mass is 32.2. The van der Waals surface area contributed by atoms with Crippen molar-refractivity contribution in [2.75, 3.05) is 17.8 Å². The summed E-state index contributed by atoms with van der Waals surface area (Å²) in [6.45, 7) is 2.97. The smallest absolute Gasteiger partial charge is 0.191 e. The molecule has 0 aliphatic heterocycles. The van der Waals surface area contributed by atoms with Crippen LogP contribution in [0, 0.1) is 0 Å². The Morgan fingerprint density at radius 3 is 2.82 bits per heavy atom. The Bertz CT molecular complexity index is 918. The first-order chi connectivity index (χ1) is 13.7. The highest BCUT2D eigenvalue weighted by Crippen LogP contribution is 2.22. The van der Waals surface area contributed by atoms with Crippen molar-refractivity contribution in [1.82, 2.24) is 35.7 Å². The number of nitrogens with one attached hydrogen (secondary N) is 3. The molecule has 0 atom stereocenters. The van der Waals surface area contributed by atoms with Crippen LogP contribution >= 0.6 is 24.0 Å². The van der Waals surface area contributed by atoms with Gasteiger partial charge in [0.1, 0.15) is 0 Å². The minimum Gasteiger partial charge on any atom is -0.394 e. The minimum absolute atomic E-state index is 0.0472. The number of aromatic nitrogens is 5. The lowest BCUT2D eigenvalue weighted by atomic mass is 10.2. The Kier molecular flexibility index (Phi) is 7.34. The van der Waals surface area contributed by atoms with Crippen LogP contribution in [0.1, 0.15) is 18.9 Å². The van der Waals surface area contributed by atoms with Gasteiger partial charge in [0.05, 0.1) is 13.2 Å². The van der Waals surface area contributed by atoms with Gasteiger partial charge in [-0.05, 0) is 24.2 Å². The molecule has 2 aromatic heterocycles. The van der Waals surface area contributed by atoms with Crippen LogP contribution in [0.2, 0.25) is 0 Å². The number of fused-ring (bicyclic) bond motifs is 1. The second kappa shape index (κ2) is 10.2. The number of anilines is 1. The Morgan fingerprint density at radius 2 is 2.07 bits per heavy atom. The fourth-order valence-corrected chi connectivity index (χ4v) is 3.18. The van der Waals surface area contributed by atoms with Crippen LogP contribution < -0.4 is 16.2 Å². The van der Waals surface area contributed by atoms with Gasteiger partial charge in [-0.3, -0.25) is 10.9 Å². The maximum Gasteiger partial charge on any atom is 0.191 e. The van der Waals surface area contributed by atoms with E-state index < -0.39 is 0 Å². The summed E-state index contributed by atoms with van der Waals surface area (Å²) in [5, 5.41) is 21.6. The van der Waals surface area contributed by atoms with E-state index in [1.807, 2.05) is 30.3 Å². The van der Waals surface area contributed by atoms with E-state index >= 15 is 0 Å². The summed E-state index contributed by atoms with van der Waals surface area (Å²) in [6.07, 6.45) is 1.01. The van der Waals surface area contributed by atoms with Gasteiger partial charge in [-0.25, -0.2) is 14.6 Å². The summed E-state index contributed by atoms with van der Waals surface area (Å²) in [5.74, 6) is 1.38. The molecule has 0 saturated carbocycles. The third-order valence-corrected chi connectivity index (χ3v) is 4.98. The molecule has 9 nitrogen and oxygen atoms in total. The molecule has 0 radical (unpaired) electrons. The van der Waals surface area contributed by atoms with Crippen molar-refractivity contribution in [2.45, 2.75) is 31.6 Å². The molecule has 4 N–H and O–H groups in total. The van der Waals surface area contributed by atoms with E-state index in [1.165, 1.54) is 0 Å². The van der Waals surface area contributed by atoms with E-state index in [2.05, 4.69) is 43.4 Å². The Morgan fingerprint density at radius 1 is 1.25 bits per heavy atom. The van der Waals surface area contributed by atoms with Crippen molar-refractivity contribution in [1.29, 1.82) is 0 Å². The van der Waals surface area contributed by atoms with Gasteiger partial charge in [0.15, 0.2) is 27.3 Å². The van der Waals surface area contributed by atoms with Crippen LogP contribution in [-0.4, -0.2) is 47.5 Å². The quantitative estimate of drug-likeness (QED) is 0.177. The lowest BCUT2D eigenvalue weighted by Crippen LogP contribution is -2.38. The van der Waals surface area contributed by atoms with Crippen LogP contribution in [0.3, 0.4) is 0 Å². The molecule has 0 bridgehead atoms. The van der Waals surface area contributed by atoms with Gasteiger partial charge in [-0.15, -0.1) is 5.10 Å². The highest BCUT2D eigenvalue weighted by molar-refractivity contribution is 7.99. The van der Waals surface area contributed by atoms with Crippen molar-refractivity contribution in [3.8, 4) is 0 Å². The van der Waals surface area contributed by atoms with Gasteiger partial charge in [0.2, 0.25) is 0 Å². The second-order valence-corrected chi connectivity index (χ2v) is 7.30. The first-order valence-electron chi connectivity index (χ1n) is 8.90. The zero-order valence-corrected chi connectivity index (χ0v) is 17.1. The van der Waals surface area contributed by atoms with E-state index in [-0.39, 0.29) is 6.61 Å². The summed E-state index contributed by atoms with van der Waals surface area (Å²) >= 11 is 6.87. The molecule has 3 aromatic rings. The van der Waals surface area contributed by atoms with Crippen LogP contribution in [0.5, 0.6) is 0 Å². The summed E-state index contributed by atoms with van der Waals surface area (Å²) < 4.78 is 1.56. The number of hydrogen-bond acceptors (Lipinski definition) is 8. The molecule has 0 saturated heterocycles.